The van der Waals surface area contributed by atoms with Crippen LogP contribution in [0, 0.1) is 5.92 Å². The fraction of sp³-hybridized carbons (Fsp3) is 0.391. The van der Waals surface area contributed by atoms with E-state index in [9.17, 15) is 9.59 Å². The molecule has 7 heteroatoms. The zero-order valence-corrected chi connectivity index (χ0v) is 18.2. The molecule has 1 aliphatic carbocycles. The molecule has 2 fully saturated rings. The molecule has 30 heavy (non-hydrogen) atoms. The lowest BCUT2D eigenvalue weighted by atomic mass is 9.95. The van der Waals surface area contributed by atoms with Crippen LogP contribution < -0.4 is 5.32 Å². The van der Waals surface area contributed by atoms with Gasteiger partial charge in [0.1, 0.15) is 10.5 Å². The van der Waals surface area contributed by atoms with E-state index in [0.29, 0.717) is 36.4 Å². The minimum absolute atomic E-state index is 0.0268. The zero-order valence-electron chi connectivity index (χ0n) is 16.6. The molecule has 2 amide bonds. The summed E-state index contributed by atoms with van der Waals surface area (Å²) in [5.74, 6) is 0.239. The third kappa shape index (κ3) is 3.98. The third-order valence-corrected chi connectivity index (χ3v) is 7.26. The van der Waals surface area contributed by atoms with Crippen molar-refractivity contribution in [2.75, 3.05) is 13.1 Å². The van der Waals surface area contributed by atoms with Gasteiger partial charge in [0.25, 0.3) is 5.91 Å². The first-order valence-corrected chi connectivity index (χ1v) is 11.7. The number of piperidine rings is 1. The molecule has 1 saturated heterocycles. The maximum atomic E-state index is 13.4. The van der Waals surface area contributed by atoms with Gasteiger partial charge >= 0.3 is 0 Å². The predicted molar refractivity (Wildman–Crippen MR) is 120 cm³/mol. The molecule has 0 unspecified atom stereocenters. The van der Waals surface area contributed by atoms with Crippen LogP contribution in [0.15, 0.2) is 41.8 Å². The SMILES string of the molecule is O=C(NC1CC1)C1CCN(C(=O)c2cc3ccsc3n2Cc2ccc(Cl)cc2)CC1. The quantitative estimate of drug-likeness (QED) is 0.632. The maximum absolute atomic E-state index is 13.4. The number of nitrogens with one attached hydrogen (secondary N) is 1. The van der Waals surface area contributed by atoms with Crippen LogP contribution in [0.1, 0.15) is 41.7 Å². The molecule has 1 aromatic carbocycles. The predicted octanol–water partition coefficient (Wildman–Crippen LogP) is 4.54. The van der Waals surface area contributed by atoms with Crippen LogP contribution in [-0.4, -0.2) is 40.4 Å². The fourth-order valence-corrected chi connectivity index (χ4v) is 5.16. The number of likely N-dealkylation sites (tertiary alicyclic amines) is 1. The number of aromatic nitrogens is 1. The van der Waals surface area contributed by atoms with E-state index in [0.717, 1.165) is 41.5 Å². The lowest BCUT2D eigenvalue weighted by Crippen LogP contribution is -2.43. The number of hydrogen-bond acceptors (Lipinski definition) is 3. The van der Waals surface area contributed by atoms with E-state index in [4.69, 9.17) is 11.6 Å². The summed E-state index contributed by atoms with van der Waals surface area (Å²) in [5, 5.41) is 6.96. The highest BCUT2D eigenvalue weighted by Crippen LogP contribution is 2.29. The molecule has 0 atom stereocenters. The Balaban J connectivity index is 1.33. The molecule has 0 radical (unpaired) electrons. The third-order valence-electron chi connectivity index (χ3n) is 6.05. The van der Waals surface area contributed by atoms with Crippen molar-refractivity contribution in [3.8, 4) is 0 Å². The molecule has 0 bridgehead atoms. The molecule has 2 aromatic heterocycles. The Morgan fingerprint density at radius 2 is 1.80 bits per heavy atom. The van der Waals surface area contributed by atoms with Gasteiger partial charge in [0.2, 0.25) is 5.91 Å². The van der Waals surface area contributed by atoms with Gasteiger partial charge in [-0.05, 0) is 60.9 Å². The number of halogens is 1. The molecule has 3 aromatic rings. The largest absolute Gasteiger partial charge is 0.353 e. The number of rotatable bonds is 5. The van der Waals surface area contributed by atoms with Crippen LogP contribution >= 0.6 is 22.9 Å². The van der Waals surface area contributed by atoms with E-state index in [1.54, 1.807) is 11.3 Å². The van der Waals surface area contributed by atoms with E-state index in [1.165, 1.54) is 0 Å². The number of fused-ring (bicyclic) bond motifs is 1. The van der Waals surface area contributed by atoms with Gasteiger partial charge in [-0.25, -0.2) is 0 Å². The molecule has 5 rings (SSSR count). The average molecular weight is 442 g/mol. The lowest BCUT2D eigenvalue weighted by Gasteiger charge is -2.31. The summed E-state index contributed by atoms with van der Waals surface area (Å²) in [6.45, 7) is 1.88. The maximum Gasteiger partial charge on any atom is 0.270 e. The topological polar surface area (TPSA) is 54.3 Å². The Morgan fingerprint density at radius 3 is 2.50 bits per heavy atom. The number of thiophene rings is 1. The van der Waals surface area contributed by atoms with Crippen LogP contribution in [0.25, 0.3) is 10.2 Å². The van der Waals surface area contributed by atoms with Crippen molar-refractivity contribution in [3.63, 3.8) is 0 Å². The van der Waals surface area contributed by atoms with Gasteiger partial charge < -0.3 is 14.8 Å². The number of hydrogen-bond donors (Lipinski definition) is 1. The van der Waals surface area contributed by atoms with E-state index >= 15 is 0 Å². The van der Waals surface area contributed by atoms with Crippen molar-refractivity contribution in [1.82, 2.24) is 14.8 Å². The lowest BCUT2D eigenvalue weighted by molar-refractivity contribution is -0.126. The normalized spacial score (nSPS) is 17.4. The molecule has 1 aliphatic heterocycles. The van der Waals surface area contributed by atoms with Crippen LogP contribution in [0.4, 0.5) is 0 Å². The van der Waals surface area contributed by atoms with Crippen molar-refractivity contribution in [3.05, 3.63) is 58.1 Å². The summed E-state index contributed by atoms with van der Waals surface area (Å²) in [7, 11) is 0. The summed E-state index contributed by atoms with van der Waals surface area (Å²) in [5.41, 5.74) is 1.82. The second kappa shape index (κ2) is 8.08. The highest BCUT2D eigenvalue weighted by atomic mass is 35.5. The number of benzene rings is 1. The summed E-state index contributed by atoms with van der Waals surface area (Å²) in [4.78, 5) is 28.7. The molecular formula is C23H24ClN3O2S. The molecule has 5 nitrogen and oxygen atoms in total. The molecule has 156 valence electrons. The van der Waals surface area contributed by atoms with Crippen LogP contribution in [-0.2, 0) is 11.3 Å². The van der Waals surface area contributed by atoms with Crippen molar-refractivity contribution in [1.29, 1.82) is 0 Å². The first-order valence-electron chi connectivity index (χ1n) is 10.5. The molecule has 0 spiro atoms. The second-order valence-electron chi connectivity index (χ2n) is 8.27. The molecule has 1 saturated carbocycles. The Labute approximate surface area is 184 Å². The Bertz CT molecular complexity index is 1080. The summed E-state index contributed by atoms with van der Waals surface area (Å²) < 4.78 is 2.11. The number of carbonyl (C=O) groups is 2. The number of amides is 2. The van der Waals surface area contributed by atoms with Gasteiger partial charge in [0, 0.05) is 42.0 Å². The van der Waals surface area contributed by atoms with Crippen LogP contribution in [0.3, 0.4) is 0 Å². The van der Waals surface area contributed by atoms with Gasteiger partial charge in [-0.1, -0.05) is 23.7 Å². The number of carbonyl (C=O) groups excluding carboxylic acids is 2. The highest BCUT2D eigenvalue weighted by Gasteiger charge is 2.32. The summed E-state index contributed by atoms with van der Waals surface area (Å²) in [6, 6.07) is 12.2. The Hall–Kier alpha value is -2.31. The Kier molecular flexibility index (Phi) is 5.29. The van der Waals surface area contributed by atoms with Crippen molar-refractivity contribution in [2.24, 2.45) is 5.92 Å². The zero-order chi connectivity index (χ0) is 20.7. The van der Waals surface area contributed by atoms with E-state index in [2.05, 4.69) is 21.3 Å². The van der Waals surface area contributed by atoms with Gasteiger partial charge in [0.05, 0.1) is 0 Å². The number of nitrogens with zero attached hydrogens (tertiary/aromatic N) is 2. The Morgan fingerprint density at radius 1 is 1.07 bits per heavy atom. The smallest absolute Gasteiger partial charge is 0.270 e. The van der Waals surface area contributed by atoms with E-state index in [1.807, 2.05) is 35.2 Å². The molecule has 2 aliphatic rings. The van der Waals surface area contributed by atoms with E-state index < -0.39 is 0 Å². The van der Waals surface area contributed by atoms with Crippen molar-refractivity contribution < 1.29 is 9.59 Å². The minimum Gasteiger partial charge on any atom is -0.353 e. The van der Waals surface area contributed by atoms with Crippen LogP contribution in [0.5, 0.6) is 0 Å². The molecule has 1 N–H and O–H groups in total. The standard InChI is InChI=1S/C23H24ClN3O2S/c24-18-3-1-15(2-4-18)14-27-20(13-17-9-12-30-23(17)27)22(29)26-10-7-16(8-11-26)21(28)25-19-5-6-19/h1-4,9,12-13,16,19H,5-8,10-11,14H2,(H,25,28). The highest BCUT2D eigenvalue weighted by molar-refractivity contribution is 7.16. The van der Waals surface area contributed by atoms with Gasteiger partial charge in [0.15, 0.2) is 0 Å². The fourth-order valence-electron chi connectivity index (χ4n) is 4.14. The summed E-state index contributed by atoms with van der Waals surface area (Å²) in [6.07, 6.45) is 3.67. The van der Waals surface area contributed by atoms with Crippen molar-refractivity contribution >= 4 is 45.0 Å². The van der Waals surface area contributed by atoms with E-state index in [-0.39, 0.29) is 17.7 Å². The van der Waals surface area contributed by atoms with Crippen LogP contribution in [0.2, 0.25) is 5.02 Å². The average Bonchev–Trinajstić information content (AvgIpc) is 3.34. The van der Waals surface area contributed by atoms with Crippen molar-refractivity contribution in [2.45, 2.75) is 38.3 Å². The van der Waals surface area contributed by atoms with Gasteiger partial charge in [-0.2, -0.15) is 0 Å². The first-order chi connectivity index (χ1) is 14.6. The monoisotopic (exact) mass is 441 g/mol. The second-order valence-corrected chi connectivity index (χ2v) is 9.60. The van der Waals surface area contributed by atoms with Gasteiger partial charge in [-0.3, -0.25) is 9.59 Å². The first kappa shape index (κ1) is 19.6. The van der Waals surface area contributed by atoms with Gasteiger partial charge in [-0.15, -0.1) is 11.3 Å². The minimum atomic E-state index is 0.0268. The molecule has 3 heterocycles. The summed E-state index contributed by atoms with van der Waals surface area (Å²) >= 11 is 7.68. The molecular weight excluding hydrogens is 418 g/mol.